The molecule has 1 amide bonds. The van der Waals surface area contributed by atoms with Crippen molar-refractivity contribution in [1.29, 1.82) is 0 Å². The van der Waals surface area contributed by atoms with Crippen molar-refractivity contribution in [2.24, 2.45) is 22.7 Å². The Morgan fingerprint density at radius 2 is 1.97 bits per heavy atom. The Morgan fingerprint density at radius 1 is 1.17 bits per heavy atom. The molecule has 0 spiro atoms. The van der Waals surface area contributed by atoms with Gasteiger partial charge in [-0.1, -0.05) is 50.1 Å². The summed E-state index contributed by atoms with van der Waals surface area (Å²) < 4.78 is 0. The van der Waals surface area contributed by atoms with Crippen LogP contribution in [0.25, 0.3) is 0 Å². The molecule has 2 aliphatic rings. The molecule has 168 valence electrons. The SMILES string of the molecule is CCNC(=NCC1CC(=O)N(CCc2ccccc2)C1)NCC1CCCC(C)C1.I. The number of benzene rings is 1. The third-order valence-electron chi connectivity index (χ3n) is 6.26. The lowest BCUT2D eigenvalue weighted by Gasteiger charge is -2.27. The highest BCUT2D eigenvalue weighted by atomic mass is 127. The van der Waals surface area contributed by atoms with Gasteiger partial charge in [0.15, 0.2) is 5.96 Å². The second-order valence-corrected chi connectivity index (χ2v) is 8.88. The van der Waals surface area contributed by atoms with E-state index in [0.717, 1.165) is 50.4 Å². The van der Waals surface area contributed by atoms with Crippen LogP contribution in [0.3, 0.4) is 0 Å². The summed E-state index contributed by atoms with van der Waals surface area (Å²) in [7, 11) is 0. The summed E-state index contributed by atoms with van der Waals surface area (Å²) in [6, 6.07) is 10.4. The van der Waals surface area contributed by atoms with Gasteiger partial charge in [-0.3, -0.25) is 9.79 Å². The lowest BCUT2D eigenvalue weighted by Crippen LogP contribution is -2.41. The molecule has 3 unspecified atom stereocenters. The van der Waals surface area contributed by atoms with Crippen molar-refractivity contribution >= 4 is 35.8 Å². The first-order valence-corrected chi connectivity index (χ1v) is 11.5. The first kappa shape index (κ1) is 25.0. The number of carbonyl (C=O) groups excluding carboxylic acids is 1. The summed E-state index contributed by atoms with van der Waals surface area (Å²) in [5.74, 6) is 3.10. The Morgan fingerprint density at radius 3 is 2.70 bits per heavy atom. The standard InChI is InChI=1S/C24H38N4O.HI/c1-3-25-24(26-16-21-11-7-8-19(2)14-21)27-17-22-15-23(29)28(18-22)13-12-20-9-5-4-6-10-20;/h4-6,9-10,19,21-22H,3,7-8,11-18H2,1-2H3,(H2,25,26,27);1H. The van der Waals surface area contributed by atoms with Crippen LogP contribution in [0.15, 0.2) is 35.3 Å². The van der Waals surface area contributed by atoms with Crippen LogP contribution in [-0.4, -0.2) is 49.5 Å². The maximum Gasteiger partial charge on any atom is 0.223 e. The van der Waals surface area contributed by atoms with Crippen LogP contribution in [0.4, 0.5) is 0 Å². The Hall–Kier alpha value is -1.31. The second kappa shape index (κ2) is 13.2. The van der Waals surface area contributed by atoms with Crippen LogP contribution in [-0.2, 0) is 11.2 Å². The van der Waals surface area contributed by atoms with Crippen molar-refractivity contribution in [1.82, 2.24) is 15.5 Å². The number of nitrogens with one attached hydrogen (secondary N) is 2. The molecule has 1 saturated carbocycles. The zero-order valence-electron chi connectivity index (χ0n) is 18.6. The summed E-state index contributed by atoms with van der Waals surface area (Å²) in [6.45, 7) is 8.68. The minimum absolute atomic E-state index is 0. The van der Waals surface area contributed by atoms with Crippen molar-refractivity contribution in [3.8, 4) is 0 Å². The Bertz CT molecular complexity index is 666. The number of likely N-dealkylation sites (tertiary alicyclic amines) is 1. The van der Waals surface area contributed by atoms with Crippen LogP contribution >= 0.6 is 24.0 Å². The first-order chi connectivity index (χ1) is 14.1. The van der Waals surface area contributed by atoms with Gasteiger partial charge in [0.2, 0.25) is 5.91 Å². The Kier molecular flexibility index (Phi) is 11.0. The van der Waals surface area contributed by atoms with E-state index in [0.29, 0.717) is 18.9 Å². The number of rotatable bonds is 8. The van der Waals surface area contributed by atoms with E-state index in [2.05, 4.69) is 48.7 Å². The van der Waals surface area contributed by atoms with E-state index in [1.807, 2.05) is 11.0 Å². The van der Waals surface area contributed by atoms with Gasteiger partial charge in [0.05, 0.1) is 0 Å². The maximum atomic E-state index is 12.4. The molecule has 0 aromatic heterocycles. The lowest BCUT2D eigenvalue weighted by atomic mass is 9.82. The van der Waals surface area contributed by atoms with Crippen LogP contribution in [0.1, 0.15) is 51.5 Å². The number of halogens is 1. The largest absolute Gasteiger partial charge is 0.357 e. The number of guanidine groups is 1. The van der Waals surface area contributed by atoms with Crippen molar-refractivity contribution < 1.29 is 4.79 Å². The van der Waals surface area contributed by atoms with Crippen molar-refractivity contribution in [2.45, 2.75) is 52.4 Å². The smallest absolute Gasteiger partial charge is 0.223 e. The van der Waals surface area contributed by atoms with Gasteiger partial charge in [0.25, 0.3) is 0 Å². The first-order valence-electron chi connectivity index (χ1n) is 11.5. The fourth-order valence-electron chi connectivity index (χ4n) is 4.65. The molecule has 1 aliphatic heterocycles. The number of nitrogens with zero attached hydrogens (tertiary/aromatic N) is 2. The molecule has 0 radical (unpaired) electrons. The van der Waals surface area contributed by atoms with Crippen LogP contribution in [0.5, 0.6) is 0 Å². The predicted molar refractivity (Wildman–Crippen MR) is 135 cm³/mol. The molecule has 3 rings (SSSR count). The molecule has 2 N–H and O–H groups in total. The molecule has 1 aromatic rings. The Balaban J connectivity index is 0.00000320. The van der Waals surface area contributed by atoms with Crippen LogP contribution in [0.2, 0.25) is 0 Å². The molecule has 3 atom stereocenters. The number of aliphatic imine (C=N–C) groups is 1. The minimum atomic E-state index is 0. The average molecular weight is 527 g/mol. The van der Waals surface area contributed by atoms with Crippen LogP contribution in [0, 0.1) is 17.8 Å². The third-order valence-corrected chi connectivity index (χ3v) is 6.26. The summed E-state index contributed by atoms with van der Waals surface area (Å²) in [4.78, 5) is 19.2. The van der Waals surface area contributed by atoms with E-state index < -0.39 is 0 Å². The van der Waals surface area contributed by atoms with Gasteiger partial charge in [0, 0.05) is 45.1 Å². The fourth-order valence-corrected chi connectivity index (χ4v) is 4.65. The number of carbonyl (C=O) groups is 1. The number of hydrogen-bond acceptors (Lipinski definition) is 2. The van der Waals surface area contributed by atoms with E-state index in [1.54, 1.807) is 0 Å². The van der Waals surface area contributed by atoms with Gasteiger partial charge >= 0.3 is 0 Å². The average Bonchev–Trinajstić information content (AvgIpc) is 3.09. The summed E-state index contributed by atoms with van der Waals surface area (Å²) in [5.41, 5.74) is 1.29. The topological polar surface area (TPSA) is 56.7 Å². The van der Waals surface area contributed by atoms with E-state index in [-0.39, 0.29) is 29.9 Å². The highest BCUT2D eigenvalue weighted by Crippen LogP contribution is 2.27. The molecule has 6 heteroatoms. The summed E-state index contributed by atoms with van der Waals surface area (Å²) in [6.07, 6.45) is 6.92. The highest BCUT2D eigenvalue weighted by molar-refractivity contribution is 14.0. The zero-order valence-corrected chi connectivity index (χ0v) is 20.9. The minimum Gasteiger partial charge on any atom is -0.357 e. The molecular formula is C24H39IN4O. The molecule has 1 saturated heterocycles. The van der Waals surface area contributed by atoms with Gasteiger partial charge in [-0.15, -0.1) is 24.0 Å². The van der Waals surface area contributed by atoms with Gasteiger partial charge in [0.1, 0.15) is 0 Å². The summed E-state index contributed by atoms with van der Waals surface area (Å²) in [5, 5.41) is 6.91. The van der Waals surface area contributed by atoms with E-state index in [1.165, 1.54) is 31.2 Å². The molecule has 1 aromatic carbocycles. The zero-order chi connectivity index (χ0) is 20.5. The molecule has 0 bridgehead atoms. The number of amides is 1. The fraction of sp³-hybridized carbons (Fsp3) is 0.667. The quantitative estimate of drug-likeness (QED) is 0.305. The van der Waals surface area contributed by atoms with E-state index in [4.69, 9.17) is 4.99 Å². The molecule has 5 nitrogen and oxygen atoms in total. The third kappa shape index (κ3) is 8.08. The lowest BCUT2D eigenvalue weighted by molar-refractivity contribution is -0.127. The van der Waals surface area contributed by atoms with E-state index in [9.17, 15) is 4.79 Å². The second-order valence-electron chi connectivity index (χ2n) is 8.88. The van der Waals surface area contributed by atoms with Crippen LogP contribution < -0.4 is 10.6 Å². The Labute approximate surface area is 199 Å². The number of hydrogen-bond donors (Lipinski definition) is 2. The molecular weight excluding hydrogens is 487 g/mol. The van der Waals surface area contributed by atoms with Gasteiger partial charge < -0.3 is 15.5 Å². The van der Waals surface area contributed by atoms with Crippen molar-refractivity contribution in [3.05, 3.63) is 35.9 Å². The van der Waals surface area contributed by atoms with Gasteiger partial charge in [-0.2, -0.15) is 0 Å². The maximum absolute atomic E-state index is 12.4. The monoisotopic (exact) mass is 526 g/mol. The highest BCUT2D eigenvalue weighted by Gasteiger charge is 2.29. The molecule has 30 heavy (non-hydrogen) atoms. The van der Waals surface area contributed by atoms with Gasteiger partial charge in [-0.05, 0) is 43.6 Å². The molecule has 1 heterocycles. The molecule has 2 fully saturated rings. The van der Waals surface area contributed by atoms with Crippen molar-refractivity contribution in [3.63, 3.8) is 0 Å². The van der Waals surface area contributed by atoms with Gasteiger partial charge in [-0.25, -0.2) is 0 Å². The predicted octanol–water partition coefficient (Wildman–Crippen LogP) is 4.08. The molecule has 1 aliphatic carbocycles. The summed E-state index contributed by atoms with van der Waals surface area (Å²) >= 11 is 0. The van der Waals surface area contributed by atoms with E-state index >= 15 is 0 Å². The van der Waals surface area contributed by atoms with Crippen molar-refractivity contribution in [2.75, 3.05) is 32.7 Å². The normalized spacial score (nSPS) is 24.5.